The van der Waals surface area contributed by atoms with Crippen LogP contribution < -0.4 is 10.0 Å². The Morgan fingerprint density at radius 2 is 1.83 bits per heavy atom. The van der Waals surface area contributed by atoms with E-state index in [1.165, 1.54) is 0 Å². The van der Waals surface area contributed by atoms with E-state index >= 15 is 0 Å². The Bertz CT molecular complexity index is 864. The lowest BCUT2D eigenvalue weighted by atomic mass is 10.1. The van der Waals surface area contributed by atoms with Crippen LogP contribution in [0.1, 0.15) is 21.5 Å². The second-order valence-electron chi connectivity index (χ2n) is 5.27. The molecule has 1 amide bonds. The molecule has 0 aliphatic rings. The zero-order chi connectivity index (χ0) is 17.2. The van der Waals surface area contributed by atoms with Crippen LogP contribution in [0.4, 0.5) is 11.4 Å². The van der Waals surface area contributed by atoms with Gasteiger partial charge in [0.1, 0.15) is 0 Å². The van der Waals surface area contributed by atoms with Gasteiger partial charge in [-0.05, 0) is 55.3 Å². The number of nitrogens with one attached hydrogen (secondary N) is 2. The molecule has 23 heavy (non-hydrogen) atoms. The van der Waals surface area contributed by atoms with Gasteiger partial charge in [0.05, 0.1) is 11.9 Å². The number of carbonyl (C=O) groups excluding carboxylic acids is 1. The fraction of sp³-hybridized carbons (Fsp3) is 0.188. The van der Waals surface area contributed by atoms with E-state index in [4.69, 9.17) is 0 Å². The first-order chi connectivity index (χ1) is 10.7. The summed E-state index contributed by atoms with van der Waals surface area (Å²) < 4.78 is 26.1. The molecule has 5 nitrogen and oxygen atoms in total. The van der Waals surface area contributed by atoms with Gasteiger partial charge in [-0.2, -0.15) is 0 Å². The molecule has 0 aliphatic heterocycles. The summed E-state index contributed by atoms with van der Waals surface area (Å²) in [5, 5.41) is 2.82. The van der Waals surface area contributed by atoms with Crippen LogP contribution in [0.15, 0.2) is 40.9 Å². The molecule has 7 heteroatoms. The third kappa shape index (κ3) is 4.56. The molecule has 0 aliphatic carbocycles. The molecule has 0 bridgehead atoms. The molecular weight excluding hydrogens is 380 g/mol. The summed E-state index contributed by atoms with van der Waals surface area (Å²) in [7, 11) is -3.40. The number of halogens is 1. The molecule has 0 fully saturated rings. The summed E-state index contributed by atoms with van der Waals surface area (Å²) in [6.45, 7) is 3.64. The van der Waals surface area contributed by atoms with E-state index in [9.17, 15) is 13.2 Å². The Hall–Kier alpha value is -1.86. The van der Waals surface area contributed by atoms with Gasteiger partial charge in [-0.1, -0.05) is 22.0 Å². The summed E-state index contributed by atoms with van der Waals surface area (Å²) >= 11 is 3.41. The Morgan fingerprint density at radius 1 is 1.13 bits per heavy atom. The van der Waals surface area contributed by atoms with Crippen LogP contribution in [0.25, 0.3) is 0 Å². The number of amides is 1. The van der Waals surface area contributed by atoms with Crippen LogP contribution in [0, 0.1) is 13.8 Å². The number of rotatable bonds is 4. The lowest BCUT2D eigenvalue weighted by Gasteiger charge is -2.13. The first-order valence-corrected chi connectivity index (χ1v) is 9.51. The van der Waals surface area contributed by atoms with Gasteiger partial charge in [0.2, 0.25) is 10.0 Å². The Kier molecular flexibility index (Phi) is 5.11. The topological polar surface area (TPSA) is 75.3 Å². The third-order valence-corrected chi connectivity index (χ3v) is 4.77. The van der Waals surface area contributed by atoms with Gasteiger partial charge in [0, 0.05) is 15.7 Å². The number of hydrogen-bond donors (Lipinski definition) is 2. The second kappa shape index (κ2) is 6.72. The van der Waals surface area contributed by atoms with Crippen molar-refractivity contribution in [3.8, 4) is 0 Å². The highest BCUT2D eigenvalue weighted by atomic mass is 79.9. The van der Waals surface area contributed by atoms with Crippen molar-refractivity contribution in [2.24, 2.45) is 0 Å². The fourth-order valence-corrected chi connectivity index (χ4v) is 2.98. The maximum atomic E-state index is 12.4. The van der Waals surface area contributed by atoms with E-state index in [1.54, 1.807) is 31.2 Å². The minimum atomic E-state index is -3.40. The highest BCUT2D eigenvalue weighted by Crippen LogP contribution is 2.23. The molecular formula is C16H17BrN2O3S. The minimum absolute atomic E-state index is 0.290. The molecule has 0 aromatic heterocycles. The Morgan fingerprint density at radius 3 is 2.43 bits per heavy atom. The van der Waals surface area contributed by atoms with Crippen molar-refractivity contribution in [2.75, 3.05) is 16.3 Å². The van der Waals surface area contributed by atoms with E-state index in [1.807, 2.05) is 19.1 Å². The summed E-state index contributed by atoms with van der Waals surface area (Å²) in [5.74, 6) is -0.290. The first kappa shape index (κ1) is 17.5. The number of carbonyl (C=O) groups is 1. The van der Waals surface area contributed by atoms with E-state index in [0.29, 0.717) is 22.5 Å². The summed E-state index contributed by atoms with van der Waals surface area (Å²) in [6.07, 6.45) is 1.07. The van der Waals surface area contributed by atoms with Crippen LogP contribution >= 0.6 is 15.9 Å². The van der Waals surface area contributed by atoms with Gasteiger partial charge in [-0.3, -0.25) is 9.52 Å². The van der Waals surface area contributed by atoms with E-state index in [-0.39, 0.29) is 5.91 Å². The van der Waals surface area contributed by atoms with E-state index < -0.39 is 10.0 Å². The first-order valence-electron chi connectivity index (χ1n) is 6.82. The van der Waals surface area contributed by atoms with Crippen molar-refractivity contribution in [3.63, 3.8) is 0 Å². The quantitative estimate of drug-likeness (QED) is 0.827. The van der Waals surface area contributed by atoms with E-state index in [0.717, 1.165) is 16.3 Å². The zero-order valence-corrected chi connectivity index (χ0v) is 15.4. The van der Waals surface area contributed by atoms with Crippen molar-refractivity contribution in [3.05, 3.63) is 57.6 Å². The van der Waals surface area contributed by atoms with E-state index in [2.05, 4.69) is 26.0 Å². The van der Waals surface area contributed by atoms with Crippen LogP contribution in [-0.2, 0) is 10.0 Å². The van der Waals surface area contributed by atoms with Gasteiger partial charge < -0.3 is 5.32 Å². The number of anilines is 2. The number of benzene rings is 2. The van der Waals surface area contributed by atoms with Gasteiger partial charge in [0.25, 0.3) is 5.91 Å². The summed E-state index contributed by atoms with van der Waals surface area (Å²) in [6, 6.07) is 10.4. The summed E-state index contributed by atoms with van der Waals surface area (Å²) in [5.41, 5.74) is 3.07. The predicted molar refractivity (Wildman–Crippen MR) is 96.5 cm³/mol. The van der Waals surface area contributed by atoms with Crippen LogP contribution in [0.5, 0.6) is 0 Å². The monoisotopic (exact) mass is 396 g/mol. The van der Waals surface area contributed by atoms with Gasteiger partial charge in [0.15, 0.2) is 0 Å². The van der Waals surface area contributed by atoms with Crippen molar-refractivity contribution >= 4 is 43.2 Å². The molecule has 0 saturated heterocycles. The Balaban J connectivity index is 2.29. The normalized spacial score (nSPS) is 11.1. The lowest BCUT2D eigenvalue weighted by Crippen LogP contribution is -2.16. The Labute approximate surface area is 144 Å². The average Bonchev–Trinajstić information content (AvgIpc) is 2.43. The third-order valence-electron chi connectivity index (χ3n) is 3.29. The predicted octanol–water partition coefficient (Wildman–Crippen LogP) is 3.69. The zero-order valence-electron chi connectivity index (χ0n) is 13.0. The molecule has 0 heterocycles. The molecule has 122 valence electrons. The molecule has 0 radical (unpaired) electrons. The number of hydrogen-bond acceptors (Lipinski definition) is 3. The standard InChI is InChI=1S/C16H17BrN2O3S/c1-10-9-12(7-8-14(10)17)18-16(20)13-5-4-6-15(11(13)2)19-23(3,21)22/h4-9,19H,1-3H3,(H,18,20). The molecule has 2 N–H and O–H groups in total. The second-order valence-corrected chi connectivity index (χ2v) is 7.87. The molecule has 0 saturated carbocycles. The molecule has 0 spiro atoms. The van der Waals surface area contributed by atoms with Crippen molar-refractivity contribution in [1.29, 1.82) is 0 Å². The van der Waals surface area contributed by atoms with Crippen molar-refractivity contribution in [1.82, 2.24) is 0 Å². The van der Waals surface area contributed by atoms with Gasteiger partial charge in [-0.25, -0.2) is 8.42 Å². The smallest absolute Gasteiger partial charge is 0.256 e. The molecule has 0 atom stereocenters. The van der Waals surface area contributed by atoms with Gasteiger partial charge >= 0.3 is 0 Å². The van der Waals surface area contributed by atoms with Crippen LogP contribution in [-0.4, -0.2) is 20.6 Å². The fourth-order valence-electron chi connectivity index (χ4n) is 2.11. The maximum Gasteiger partial charge on any atom is 0.256 e. The molecule has 2 rings (SSSR count). The maximum absolute atomic E-state index is 12.4. The molecule has 2 aromatic rings. The van der Waals surface area contributed by atoms with Crippen LogP contribution in [0.2, 0.25) is 0 Å². The minimum Gasteiger partial charge on any atom is -0.322 e. The number of sulfonamides is 1. The van der Waals surface area contributed by atoms with Crippen LogP contribution in [0.3, 0.4) is 0 Å². The summed E-state index contributed by atoms with van der Waals surface area (Å²) in [4.78, 5) is 12.4. The average molecular weight is 397 g/mol. The van der Waals surface area contributed by atoms with Crippen molar-refractivity contribution < 1.29 is 13.2 Å². The SMILES string of the molecule is Cc1cc(NC(=O)c2cccc(NS(C)(=O)=O)c2C)ccc1Br. The highest BCUT2D eigenvalue weighted by molar-refractivity contribution is 9.10. The highest BCUT2D eigenvalue weighted by Gasteiger charge is 2.14. The number of aryl methyl sites for hydroxylation is 1. The lowest BCUT2D eigenvalue weighted by molar-refractivity contribution is 0.102. The molecule has 2 aromatic carbocycles. The molecule has 0 unspecified atom stereocenters. The van der Waals surface area contributed by atoms with Gasteiger partial charge in [-0.15, -0.1) is 0 Å². The van der Waals surface area contributed by atoms with Crippen molar-refractivity contribution in [2.45, 2.75) is 13.8 Å². The largest absolute Gasteiger partial charge is 0.322 e.